The van der Waals surface area contributed by atoms with Gasteiger partial charge in [0.1, 0.15) is 23.9 Å². The van der Waals surface area contributed by atoms with Gasteiger partial charge in [0.05, 0.1) is 12.3 Å². The monoisotopic (exact) mass is 436 g/mol. The quantitative estimate of drug-likeness (QED) is 0.492. The second kappa shape index (κ2) is 10.4. The van der Waals surface area contributed by atoms with Gasteiger partial charge in [0.15, 0.2) is 0 Å². The molecule has 0 spiro atoms. The molecule has 1 aromatic heterocycles. The number of benzene rings is 2. The summed E-state index contributed by atoms with van der Waals surface area (Å²) in [4.78, 5) is 33.2. The minimum Gasteiger partial charge on any atom is -0.480 e. The number of carbonyl (C=O) groups is 2. The Morgan fingerprint density at radius 1 is 1.09 bits per heavy atom. The van der Waals surface area contributed by atoms with Gasteiger partial charge in [0.2, 0.25) is 0 Å². The lowest BCUT2D eigenvalue weighted by Gasteiger charge is -2.16. The lowest BCUT2D eigenvalue weighted by Crippen LogP contribution is -2.32. The average Bonchev–Trinajstić information content (AvgIpc) is 2.79. The maximum atomic E-state index is 11.8. The van der Waals surface area contributed by atoms with Crippen molar-refractivity contribution < 1.29 is 24.5 Å². The highest BCUT2D eigenvalue weighted by Crippen LogP contribution is 2.24. The number of carboxylic acid groups (broad SMARTS) is 1. The molecular weight excluding hydrogens is 412 g/mol. The predicted octanol–water partition coefficient (Wildman–Crippen LogP) is 2.80. The van der Waals surface area contributed by atoms with Gasteiger partial charge < -0.3 is 25.2 Å². The van der Waals surface area contributed by atoms with Gasteiger partial charge in [-0.2, -0.15) is 0 Å². The van der Waals surface area contributed by atoms with Crippen LogP contribution in [0.15, 0.2) is 60.9 Å². The predicted molar refractivity (Wildman–Crippen MR) is 118 cm³/mol. The second-order valence-corrected chi connectivity index (χ2v) is 7.25. The van der Waals surface area contributed by atoms with Crippen LogP contribution in [0.1, 0.15) is 11.1 Å². The number of ether oxygens (including phenoxy) is 1. The Kier molecular flexibility index (Phi) is 7.35. The molecular formula is C23H24N4O5. The van der Waals surface area contributed by atoms with Gasteiger partial charge >= 0.3 is 12.1 Å². The Bertz CT molecular complexity index is 1090. The fourth-order valence-electron chi connectivity index (χ4n) is 2.99. The van der Waals surface area contributed by atoms with Crippen molar-refractivity contribution in [2.75, 3.05) is 19.4 Å². The summed E-state index contributed by atoms with van der Waals surface area (Å²) in [5.74, 6) is -0.314. The van der Waals surface area contributed by atoms with Crippen LogP contribution in [0.4, 0.5) is 10.6 Å². The molecule has 1 atom stereocenters. The van der Waals surface area contributed by atoms with Crippen LogP contribution < -0.4 is 10.1 Å². The minimum absolute atomic E-state index is 0.138. The molecule has 2 aromatic carbocycles. The number of carboxylic acids is 1. The van der Waals surface area contributed by atoms with E-state index in [9.17, 15) is 19.8 Å². The molecule has 1 heterocycles. The lowest BCUT2D eigenvalue weighted by atomic mass is 10.0. The van der Waals surface area contributed by atoms with Crippen molar-refractivity contribution in [1.29, 1.82) is 0 Å². The van der Waals surface area contributed by atoms with E-state index < -0.39 is 18.1 Å². The summed E-state index contributed by atoms with van der Waals surface area (Å²) in [7, 11) is 3.17. The van der Waals surface area contributed by atoms with Gasteiger partial charge in [-0.05, 0) is 23.3 Å². The number of carbonyl (C=O) groups excluding carboxylic acids is 1. The van der Waals surface area contributed by atoms with E-state index in [1.54, 1.807) is 50.5 Å². The first-order valence-electron chi connectivity index (χ1n) is 9.86. The van der Waals surface area contributed by atoms with E-state index in [1.165, 1.54) is 11.2 Å². The molecule has 0 unspecified atom stereocenters. The molecule has 166 valence electrons. The number of nitrogens with one attached hydrogen (secondary N) is 1. The Morgan fingerprint density at radius 2 is 1.81 bits per heavy atom. The van der Waals surface area contributed by atoms with Crippen molar-refractivity contribution in [2.24, 2.45) is 0 Å². The highest BCUT2D eigenvalue weighted by atomic mass is 16.6. The summed E-state index contributed by atoms with van der Waals surface area (Å²) in [6.07, 6.45) is 1.03. The van der Waals surface area contributed by atoms with Crippen LogP contribution in [0.2, 0.25) is 0 Å². The number of amides is 1. The van der Waals surface area contributed by atoms with Gasteiger partial charge in [-0.3, -0.25) is 0 Å². The second-order valence-electron chi connectivity index (χ2n) is 7.25. The van der Waals surface area contributed by atoms with Gasteiger partial charge in [-0.1, -0.05) is 36.4 Å². The zero-order valence-corrected chi connectivity index (χ0v) is 17.7. The summed E-state index contributed by atoms with van der Waals surface area (Å²) in [6.45, 7) is -0.138. The summed E-state index contributed by atoms with van der Waals surface area (Å²) in [5, 5.41) is 22.2. The van der Waals surface area contributed by atoms with E-state index >= 15 is 0 Å². The molecule has 0 radical (unpaired) electrons. The zero-order chi connectivity index (χ0) is 23.1. The van der Waals surface area contributed by atoms with Gasteiger partial charge in [0, 0.05) is 32.1 Å². The zero-order valence-electron chi connectivity index (χ0n) is 17.7. The van der Waals surface area contributed by atoms with Gasteiger partial charge in [-0.15, -0.1) is 0 Å². The Morgan fingerprint density at radius 3 is 2.47 bits per heavy atom. The lowest BCUT2D eigenvalue weighted by molar-refractivity contribution is -0.137. The topological polar surface area (TPSA) is 125 Å². The van der Waals surface area contributed by atoms with E-state index in [2.05, 4.69) is 15.3 Å². The summed E-state index contributed by atoms with van der Waals surface area (Å²) in [5.41, 5.74) is 2.77. The highest BCUT2D eigenvalue weighted by Gasteiger charge is 2.19. The molecule has 3 rings (SSSR count). The van der Waals surface area contributed by atoms with Crippen molar-refractivity contribution in [3.8, 4) is 17.0 Å². The van der Waals surface area contributed by atoms with E-state index in [4.69, 9.17) is 4.74 Å². The number of rotatable bonds is 8. The number of aromatic nitrogens is 2. The number of hydrogen-bond donors (Lipinski definition) is 3. The largest absolute Gasteiger partial charge is 0.480 e. The number of anilines is 1. The first kappa shape index (κ1) is 22.7. The van der Waals surface area contributed by atoms with E-state index in [0.717, 1.165) is 11.1 Å². The van der Waals surface area contributed by atoms with Crippen molar-refractivity contribution in [3.05, 3.63) is 72.1 Å². The Hall–Kier alpha value is -3.98. The van der Waals surface area contributed by atoms with Crippen LogP contribution in [-0.4, -0.2) is 57.3 Å². The molecule has 1 amide bonds. The van der Waals surface area contributed by atoms with E-state index in [0.29, 0.717) is 22.8 Å². The normalized spacial score (nSPS) is 11.5. The first-order valence-corrected chi connectivity index (χ1v) is 9.86. The maximum Gasteiger partial charge on any atom is 0.414 e. The smallest absolute Gasteiger partial charge is 0.414 e. The number of aliphatic hydroxyl groups excluding tert-OH is 1. The third-order valence-electron chi connectivity index (χ3n) is 4.68. The summed E-state index contributed by atoms with van der Waals surface area (Å²) in [6, 6.07) is 14.6. The molecule has 0 aliphatic heterocycles. The molecule has 0 saturated heterocycles. The molecule has 0 aliphatic rings. The molecule has 3 N–H and O–H groups in total. The first-order chi connectivity index (χ1) is 15.4. The fourth-order valence-corrected chi connectivity index (χ4v) is 2.99. The van der Waals surface area contributed by atoms with Crippen LogP contribution in [-0.2, 0) is 17.8 Å². The SMILES string of the molecule is CN(C)C(=O)Oc1ccc(C[C@H](Nc2cc(-c3ccccc3CO)ncn2)C(=O)O)cc1. The number of hydrogen-bond acceptors (Lipinski definition) is 7. The number of aliphatic carboxylic acids is 1. The van der Waals surface area contributed by atoms with Crippen LogP contribution in [0, 0.1) is 0 Å². The summed E-state index contributed by atoms with van der Waals surface area (Å²) >= 11 is 0. The third kappa shape index (κ3) is 5.79. The molecule has 0 aliphatic carbocycles. The molecule has 3 aromatic rings. The van der Waals surface area contributed by atoms with Crippen LogP contribution in [0.25, 0.3) is 11.3 Å². The standard InChI is InChI=1S/C23H24N4O5/c1-27(2)23(31)32-17-9-7-15(8-10-17)11-20(22(29)30)26-21-12-19(24-14-25-21)18-6-4-3-5-16(18)13-28/h3-10,12,14,20,28H,11,13H2,1-2H3,(H,29,30)(H,24,25,26)/t20-/m0/s1. The van der Waals surface area contributed by atoms with E-state index in [-0.39, 0.29) is 13.0 Å². The van der Waals surface area contributed by atoms with Crippen LogP contribution in [0.3, 0.4) is 0 Å². The average molecular weight is 436 g/mol. The fraction of sp³-hybridized carbons (Fsp3) is 0.217. The third-order valence-corrected chi connectivity index (χ3v) is 4.68. The van der Waals surface area contributed by atoms with Crippen molar-refractivity contribution >= 4 is 17.9 Å². The molecule has 9 nitrogen and oxygen atoms in total. The molecule has 0 bridgehead atoms. The Balaban J connectivity index is 1.74. The van der Waals surface area contributed by atoms with Crippen LogP contribution >= 0.6 is 0 Å². The number of aliphatic hydroxyl groups is 1. The summed E-state index contributed by atoms with van der Waals surface area (Å²) < 4.78 is 5.17. The van der Waals surface area contributed by atoms with Crippen LogP contribution in [0.5, 0.6) is 5.75 Å². The molecule has 0 fully saturated rings. The van der Waals surface area contributed by atoms with Gasteiger partial charge in [0.25, 0.3) is 0 Å². The molecule has 9 heteroatoms. The number of nitrogens with zero attached hydrogens (tertiary/aromatic N) is 3. The molecule has 0 saturated carbocycles. The Labute approximate surface area is 185 Å². The maximum absolute atomic E-state index is 11.8. The molecule has 32 heavy (non-hydrogen) atoms. The highest BCUT2D eigenvalue weighted by molar-refractivity contribution is 5.78. The van der Waals surface area contributed by atoms with E-state index in [1.807, 2.05) is 18.2 Å². The minimum atomic E-state index is -1.04. The van der Waals surface area contributed by atoms with Crippen molar-refractivity contribution in [1.82, 2.24) is 14.9 Å². The van der Waals surface area contributed by atoms with Crippen molar-refractivity contribution in [2.45, 2.75) is 19.1 Å². The van der Waals surface area contributed by atoms with Gasteiger partial charge in [-0.25, -0.2) is 19.6 Å². The van der Waals surface area contributed by atoms with Crippen molar-refractivity contribution in [3.63, 3.8) is 0 Å².